The first-order chi connectivity index (χ1) is 8.20. The summed E-state index contributed by atoms with van der Waals surface area (Å²) in [4.78, 5) is 25.2. The number of amides is 1. The molecule has 4 nitrogen and oxygen atoms in total. The van der Waals surface area contributed by atoms with Gasteiger partial charge in [0.25, 0.3) is 5.91 Å². The van der Waals surface area contributed by atoms with Crippen molar-refractivity contribution >= 4 is 11.7 Å². The molecule has 0 saturated carbocycles. The van der Waals surface area contributed by atoms with Crippen LogP contribution in [-0.4, -0.2) is 36.0 Å². The Morgan fingerprint density at radius 1 is 1.29 bits per heavy atom. The Bertz CT molecular complexity index is 265. The van der Waals surface area contributed by atoms with Crippen LogP contribution in [0.25, 0.3) is 0 Å². The number of unbranched alkanes of at least 4 members (excludes halogenated alkanes) is 2. The number of carbonyl (C=O) groups is 2. The zero-order valence-corrected chi connectivity index (χ0v) is 10.9. The Labute approximate surface area is 103 Å². The summed E-state index contributed by atoms with van der Waals surface area (Å²) in [6, 6.07) is 0. The molecule has 0 bridgehead atoms. The molecule has 0 spiro atoms. The van der Waals surface area contributed by atoms with Gasteiger partial charge in [-0.15, -0.1) is 0 Å². The lowest BCUT2D eigenvalue weighted by Crippen LogP contribution is -2.41. The zero-order valence-electron chi connectivity index (χ0n) is 10.9. The van der Waals surface area contributed by atoms with Gasteiger partial charge in [0, 0.05) is 19.6 Å². The molecule has 1 fully saturated rings. The molecule has 1 aliphatic rings. The SMILES string of the molecule is CCCCCC(=O)C(=O)N1CCCC1OCC. The highest BCUT2D eigenvalue weighted by molar-refractivity contribution is 6.36. The van der Waals surface area contributed by atoms with Gasteiger partial charge in [-0.3, -0.25) is 9.59 Å². The number of likely N-dealkylation sites (tertiary alicyclic amines) is 1. The minimum absolute atomic E-state index is 0.178. The van der Waals surface area contributed by atoms with Crippen molar-refractivity contribution in [2.75, 3.05) is 13.2 Å². The highest BCUT2D eigenvalue weighted by Crippen LogP contribution is 2.19. The first-order valence-corrected chi connectivity index (χ1v) is 6.66. The Morgan fingerprint density at radius 3 is 2.71 bits per heavy atom. The van der Waals surface area contributed by atoms with Crippen LogP contribution in [0.15, 0.2) is 0 Å². The number of ketones is 1. The molecular weight excluding hydrogens is 218 g/mol. The summed E-state index contributed by atoms with van der Waals surface area (Å²) in [6.07, 6.45) is 4.86. The number of Topliss-reactive ketones (excluding diaryl/α,β-unsaturated/α-hetero) is 1. The molecule has 1 rings (SSSR count). The molecule has 1 aliphatic heterocycles. The standard InChI is InChI=1S/C13H23NO3/c1-3-5-6-8-11(15)13(16)14-10-7-9-12(14)17-4-2/h12H,3-10H2,1-2H3. The molecule has 17 heavy (non-hydrogen) atoms. The van der Waals surface area contributed by atoms with E-state index in [0.717, 1.165) is 32.1 Å². The van der Waals surface area contributed by atoms with Crippen LogP contribution in [0, 0.1) is 0 Å². The van der Waals surface area contributed by atoms with E-state index >= 15 is 0 Å². The second-order valence-electron chi connectivity index (χ2n) is 4.43. The van der Waals surface area contributed by atoms with Crippen molar-refractivity contribution in [1.29, 1.82) is 0 Å². The molecule has 1 unspecified atom stereocenters. The average Bonchev–Trinajstić information content (AvgIpc) is 2.77. The maximum Gasteiger partial charge on any atom is 0.291 e. The topological polar surface area (TPSA) is 46.6 Å². The molecule has 0 aliphatic carbocycles. The molecule has 98 valence electrons. The summed E-state index contributed by atoms with van der Waals surface area (Å²) in [5.41, 5.74) is 0. The number of nitrogens with zero attached hydrogens (tertiary/aromatic N) is 1. The summed E-state index contributed by atoms with van der Waals surface area (Å²) in [5, 5.41) is 0. The van der Waals surface area contributed by atoms with Crippen molar-refractivity contribution in [1.82, 2.24) is 4.90 Å². The quantitative estimate of drug-likeness (QED) is 0.506. The zero-order chi connectivity index (χ0) is 12.7. The van der Waals surface area contributed by atoms with Crippen LogP contribution in [0.1, 0.15) is 52.4 Å². The van der Waals surface area contributed by atoms with E-state index in [9.17, 15) is 9.59 Å². The first-order valence-electron chi connectivity index (χ1n) is 6.66. The van der Waals surface area contributed by atoms with Crippen LogP contribution < -0.4 is 0 Å². The van der Waals surface area contributed by atoms with Crippen molar-refractivity contribution in [2.45, 2.75) is 58.6 Å². The third-order valence-electron chi connectivity index (χ3n) is 3.06. The van der Waals surface area contributed by atoms with Gasteiger partial charge < -0.3 is 9.64 Å². The fraction of sp³-hybridized carbons (Fsp3) is 0.846. The number of rotatable bonds is 7. The lowest BCUT2D eigenvalue weighted by molar-refractivity contribution is -0.151. The summed E-state index contributed by atoms with van der Waals surface area (Å²) < 4.78 is 5.47. The van der Waals surface area contributed by atoms with Crippen LogP contribution in [0.2, 0.25) is 0 Å². The van der Waals surface area contributed by atoms with E-state index in [1.54, 1.807) is 4.90 Å². The van der Waals surface area contributed by atoms with Crippen LogP contribution in [0.3, 0.4) is 0 Å². The normalized spacial score (nSPS) is 19.6. The van der Waals surface area contributed by atoms with Crippen LogP contribution in [-0.2, 0) is 14.3 Å². The molecule has 1 saturated heterocycles. The van der Waals surface area contributed by atoms with Gasteiger partial charge >= 0.3 is 0 Å². The van der Waals surface area contributed by atoms with Crippen molar-refractivity contribution in [2.24, 2.45) is 0 Å². The predicted molar refractivity (Wildman–Crippen MR) is 65.5 cm³/mol. The number of carbonyl (C=O) groups excluding carboxylic acids is 2. The maximum absolute atomic E-state index is 11.9. The van der Waals surface area contributed by atoms with Gasteiger partial charge in [0.1, 0.15) is 6.23 Å². The first kappa shape index (κ1) is 14.2. The second-order valence-corrected chi connectivity index (χ2v) is 4.43. The summed E-state index contributed by atoms with van der Waals surface area (Å²) >= 11 is 0. The van der Waals surface area contributed by atoms with E-state index in [1.807, 2.05) is 6.92 Å². The van der Waals surface area contributed by atoms with Gasteiger partial charge in [-0.05, 0) is 26.2 Å². The van der Waals surface area contributed by atoms with Crippen molar-refractivity contribution in [3.05, 3.63) is 0 Å². The van der Waals surface area contributed by atoms with Gasteiger partial charge in [-0.2, -0.15) is 0 Å². The third-order valence-corrected chi connectivity index (χ3v) is 3.06. The van der Waals surface area contributed by atoms with Crippen LogP contribution in [0.5, 0.6) is 0 Å². The Hall–Kier alpha value is -0.900. The molecule has 0 radical (unpaired) electrons. The molecule has 0 aromatic rings. The van der Waals surface area contributed by atoms with Gasteiger partial charge in [0.2, 0.25) is 5.78 Å². The van der Waals surface area contributed by atoms with Crippen molar-refractivity contribution in [3.63, 3.8) is 0 Å². The van der Waals surface area contributed by atoms with E-state index in [-0.39, 0.29) is 17.9 Å². The summed E-state index contributed by atoms with van der Waals surface area (Å²) in [7, 11) is 0. The fourth-order valence-electron chi connectivity index (χ4n) is 2.14. The number of ether oxygens (including phenoxy) is 1. The molecule has 1 heterocycles. The Kier molecular flexibility index (Phi) is 6.19. The van der Waals surface area contributed by atoms with Gasteiger partial charge in [-0.25, -0.2) is 0 Å². The average molecular weight is 241 g/mol. The Morgan fingerprint density at radius 2 is 2.06 bits per heavy atom. The minimum Gasteiger partial charge on any atom is -0.359 e. The van der Waals surface area contributed by atoms with E-state index in [1.165, 1.54) is 0 Å². The van der Waals surface area contributed by atoms with Gasteiger partial charge in [0.15, 0.2) is 0 Å². The molecule has 1 atom stereocenters. The molecular formula is C13H23NO3. The van der Waals surface area contributed by atoms with Crippen molar-refractivity contribution in [3.8, 4) is 0 Å². The maximum atomic E-state index is 11.9. The fourth-order valence-corrected chi connectivity index (χ4v) is 2.14. The predicted octanol–water partition coefficient (Wildman–Crippen LogP) is 2.12. The van der Waals surface area contributed by atoms with Crippen LogP contribution in [0.4, 0.5) is 0 Å². The summed E-state index contributed by atoms with van der Waals surface area (Å²) in [5.74, 6) is -0.609. The molecule has 0 aromatic carbocycles. The third kappa shape index (κ3) is 4.11. The molecule has 0 aromatic heterocycles. The Balaban J connectivity index is 2.42. The van der Waals surface area contributed by atoms with Crippen LogP contribution >= 0.6 is 0 Å². The highest BCUT2D eigenvalue weighted by Gasteiger charge is 2.32. The number of hydrogen-bond acceptors (Lipinski definition) is 3. The van der Waals surface area contributed by atoms with Gasteiger partial charge in [-0.1, -0.05) is 19.8 Å². The van der Waals surface area contributed by atoms with E-state index in [4.69, 9.17) is 4.74 Å². The molecule has 1 amide bonds. The molecule has 0 N–H and O–H groups in total. The minimum atomic E-state index is -0.350. The highest BCUT2D eigenvalue weighted by atomic mass is 16.5. The largest absolute Gasteiger partial charge is 0.359 e. The van der Waals surface area contributed by atoms with E-state index < -0.39 is 0 Å². The lowest BCUT2D eigenvalue weighted by Gasteiger charge is -2.23. The monoisotopic (exact) mass is 241 g/mol. The summed E-state index contributed by atoms with van der Waals surface area (Å²) in [6.45, 7) is 5.23. The molecule has 4 heteroatoms. The lowest BCUT2D eigenvalue weighted by atomic mass is 10.1. The number of hydrogen-bond donors (Lipinski definition) is 0. The second kappa shape index (κ2) is 7.43. The van der Waals surface area contributed by atoms with Gasteiger partial charge in [0.05, 0.1) is 0 Å². The smallest absolute Gasteiger partial charge is 0.291 e. The van der Waals surface area contributed by atoms with Crippen molar-refractivity contribution < 1.29 is 14.3 Å². The van der Waals surface area contributed by atoms with E-state index in [0.29, 0.717) is 19.6 Å². The van der Waals surface area contributed by atoms with E-state index in [2.05, 4.69) is 6.92 Å².